The molecule has 1 amide bonds. The van der Waals surface area contributed by atoms with Crippen molar-refractivity contribution in [2.24, 2.45) is 0 Å². The Balaban J connectivity index is 0.000000505. The second-order valence-corrected chi connectivity index (χ2v) is 9.12. The lowest BCUT2D eigenvalue weighted by atomic mass is 9.98. The molecule has 12 heteroatoms. The summed E-state index contributed by atoms with van der Waals surface area (Å²) in [5.41, 5.74) is 1.57. The van der Waals surface area contributed by atoms with E-state index in [0.29, 0.717) is 23.0 Å². The Kier molecular flexibility index (Phi) is 9.67. The molecule has 38 heavy (non-hydrogen) atoms. The molecular weight excluding hydrogens is 510 g/mol. The zero-order valence-corrected chi connectivity index (χ0v) is 20.5. The molecule has 8 nitrogen and oxygen atoms in total. The van der Waals surface area contributed by atoms with Crippen LogP contribution in [0.4, 0.5) is 28.9 Å². The summed E-state index contributed by atoms with van der Waals surface area (Å²) in [5, 5.41) is 19.6. The summed E-state index contributed by atoms with van der Waals surface area (Å²) in [5.74, 6) is -4.61. The lowest BCUT2D eigenvalue weighted by Crippen LogP contribution is -2.47. The van der Waals surface area contributed by atoms with Gasteiger partial charge in [-0.25, -0.2) is 14.0 Å². The molecule has 2 aliphatic rings. The van der Waals surface area contributed by atoms with Gasteiger partial charge in [-0.05, 0) is 81.2 Å². The second kappa shape index (κ2) is 12.7. The summed E-state index contributed by atoms with van der Waals surface area (Å²) in [7, 11) is 0. The summed E-state index contributed by atoms with van der Waals surface area (Å²) in [6, 6.07) is 10.8. The average Bonchev–Trinajstić information content (AvgIpc) is 2.89. The maximum Gasteiger partial charge on any atom is 0.490 e. The minimum Gasteiger partial charge on any atom is -0.478 e. The third-order valence-electron chi connectivity index (χ3n) is 6.55. The highest BCUT2D eigenvalue weighted by atomic mass is 19.4. The lowest BCUT2D eigenvalue weighted by molar-refractivity contribution is -0.192. The molecule has 2 heterocycles. The van der Waals surface area contributed by atoms with E-state index in [-0.39, 0.29) is 5.56 Å². The standard InChI is InChI=1S/C24H28FN3O3.C2HF3O2/c25-18-6-4-17(5-7-18)23(29)26-19-8-9-22(21(16-19)24(30)31)28-14-10-20(11-15-28)27-12-2-1-3-13-27;3-2(4,5)1(6)7/h4-9,16,20H,1-3,10-15H2,(H,26,29)(H,30,31);(H,6,7). The van der Waals surface area contributed by atoms with Crippen molar-refractivity contribution in [1.82, 2.24) is 4.90 Å². The van der Waals surface area contributed by atoms with Gasteiger partial charge < -0.3 is 25.3 Å². The molecule has 0 aromatic heterocycles. The van der Waals surface area contributed by atoms with Crippen LogP contribution in [-0.2, 0) is 4.79 Å². The van der Waals surface area contributed by atoms with Crippen molar-refractivity contribution in [3.8, 4) is 0 Å². The van der Waals surface area contributed by atoms with Crippen LogP contribution in [0.1, 0.15) is 52.8 Å². The van der Waals surface area contributed by atoms with Gasteiger partial charge >= 0.3 is 18.1 Å². The van der Waals surface area contributed by atoms with Crippen LogP contribution in [0.2, 0.25) is 0 Å². The number of benzene rings is 2. The quantitative estimate of drug-likeness (QED) is 0.466. The molecule has 2 aromatic carbocycles. The van der Waals surface area contributed by atoms with E-state index in [1.807, 2.05) is 0 Å². The predicted octanol–water partition coefficient (Wildman–Crippen LogP) is 4.86. The average molecular weight is 540 g/mol. The number of anilines is 2. The number of nitrogens with one attached hydrogen (secondary N) is 1. The molecule has 0 atom stereocenters. The number of hydrogen-bond acceptors (Lipinski definition) is 5. The molecule has 0 radical (unpaired) electrons. The summed E-state index contributed by atoms with van der Waals surface area (Å²) < 4.78 is 44.8. The number of piperidine rings is 2. The first-order chi connectivity index (χ1) is 18.0. The number of carboxylic acid groups (broad SMARTS) is 2. The Bertz CT molecular complexity index is 1130. The molecule has 206 valence electrons. The fourth-order valence-electron chi connectivity index (χ4n) is 4.62. The smallest absolute Gasteiger partial charge is 0.478 e. The summed E-state index contributed by atoms with van der Waals surface area (Å²) in [6.45, 7) is 3.99. The van der Waals surface area contributed by atoms with Gasteiger partial charge in [-0.3, -0.25) is 4.79 Å². The Morgan fingerprint density at radius 1 is 0.868 bits per heavy atom. The number of alkyl halides is 3. The number of carbonyl (C=O) groups excluding carboxylic acids is 1. The van der Waals surface area contributed by atoms with E-state index in [4.69, 9.17) is 9.90 Å². The zero-order valence-electron chi connectivity index (χ0n) is 20.5. The summed E-state index contributed by atoms with van der Waals surface area (Å²) >= 11 is 0. The monoisotopic (exact) mass is 539 g/mol. The van der Waals surface area contributed by atoms with Gasteiger partial charge in [0.1, 0.15) is 5.82 Å². The molecule has 3 N–H and O–H groups in total. The number of rotatable bonds is 5. The highest BCUT2D eigenvalue weighted by Gasteiger charge is 2.38. The topological polar surface area (TPSA) is 110 Å². The van der Waals surface area contributed by atoms with E-state index in [0.717, 1.165) is 25.9 Å². The molecule has 2 fully saturated rings. The number of aromatic carboxylic acids is 1. The van der Waals surface area contributed by atoms with Crippen molar-refractivity contribution in [1.29, 1.82) is 0 Å². The van der Waals surface area contributed by atoms with Gasteiger partial charge in [-0.1, -0.05) is 6.42 Å². The number of halogens is 4. The largest absolute Gasteiger partial charge is 0.490 e. The minimum atomic E-state index is -5.08. The van der Waals surface area contributed by atoms with Crippen molar-refractivity contribution in [2.45, 2.75) is 44.3 Å². The van der Waals surface area contributed by atoms with Gasteiger partial charge in [-0.15, -0.1) is 0 Å². The van der Waals surface area contributed by atoms with E-state index < -0.39 is 29.8 Å². The highest BCUT2D eigenvalue weighted by molar-refractivity contribution is 6.05. The van der Waals surface area contributed by atoms with E-state index >= 15 is 0 Å². The predicted molar refractivity (Wildman–Crippen MR) is 132 cm³/mol. The molecule has 0 aliphatic carbocycles. The fourth-order valence-corrected chi connectivity index (χ4v) is 4.62. The Morgan fingerprint density at radius 3 is 1.97 bits per heavy atom. The van der Waals surface area contributed by atoms with Crippen molar-refractivity contribution < 1.29 is 42.2 Å². The molecule has 0 spiro atoms. The molecule has 4 rings (SSSR count). The van der Waals surface area contributed by atoms with Crippen LogP contribution in [0.5, 0.6) is 0 Å². The SMILES string of the molecule is O=C(Nc1ccc(N2CCC(N3CCCCC3)CC2)c(C(=O)O)c1)c1ccc(F)cc1.O=C(O)C(F)(F)F. The van der Waals surface area contributed by atoms with Gasteiger partial charge in [0.05, 0.1) is 11.3 Å². The van der Waals surface area contributed by atoms with E-state index in [1.54, 1.807) is 12.1 Å². The van der Waals surface area contributed by atoms with Crippen molar-refractivity contribution >= 4 is 29.2 Å². The highest BCUT2D eigenvalue weighted by Crippen LogP contribution is 2.29. The van der Waals surface area contributed by atoms with Crippen LogP contribution in [0.15, 0.2) is 42.5 Å². The number of aliphatic carboxylic acids is 1. The van der Waals surface area contributed by atoms with Crippen LogP contribution in [0, 0.1) is 5.82 Å². The Labute approximate surface area is 216 Å². The van der Waals surface area contributed by atoms with Crippen molar-refractivity contribution in [2.75, 3.05) is 36.4 Å². The van der Waals surface area contributed by atoms with Gasteiger partial charge in [0.2, 0.25) is 0 Å². The number of carbonyl (C=O) groups is 3. The first kappa shape index (κ1) is 28.9. The van der Waals surface area contributed by atoms with Gasteiger partial charge in [0, 0.05) is 30.4 Å². The Morgan fingerprint density at radius 2 is 1.45 bits per heavy atom. The first-order valence-corrected chi connectivity index (χ1v) is 12.2. The van der Waals surface area contributed by atoms with Crippen LogP contribution < -0.4 is 10.2 Å². The van der Waals surface area contributed by atoms with Crippen LogP contribution in [0.25, 0.3) is 0 Å². The normalized spacial score (nSPS) is 16.8. The van der Waals surface area contributed by atoms with Crippen LogP contribution in [-0.4, -0.2) is 71.4 Å². The third kappa shape index (κ3) is 7.91. The molecule has 2 aromatic rings. The minimum absolute atomic E-state index is 0.174. The molecule has 0 saturated carbocycles. The lowest BCUT2D eigenvalue weighted by Gasteiger charge is -2.41. The molecular formula is C26H29F4N3O5. The van der Waals surface area contributed by atoms with E-state index in [9.17, 15) is 32.3 Å². The van der Waals surface area contributed by atoms with Crippen molar-refractivity contribution in [3.05, 3.63) is 59.4 Å². The molecule has 2 aliphatic heterocycles. The van der Waals surface area contributed by atoms with E-state index in [2.05, 4.69) is 15.1 Å². The Hall–Kier alpha value is -3.67. The van der Waals surface area contributed by atoms with Crippen LogP contribution in [0.3, 0.4) is 0 Å². The molecule has 0 unspecified atom stereocenters. The maximum absolute atomic E-state index is 13.1. The number of amides is 1. The van der Waals surface area contributed by atoms with Gasteiger partial charge in [0.15, 0.2) is 0 Å². The van der Waals surface area contributed by atoms with Gasteiger partial charge in [0.25, 0.3) is 5.91 Å². The number of nitrogens with zero attached hydrogens (tertiary/aromatic N) is 2. The fraction of sp³-hybridized carbons (Fsp3) is 0.423. The van der Waals surface area contributed by atoms with Gasteiger partial charge in [-0.2, -0.15) is 13.2 Å². The number of likely N-dealkylation sites (tertiary alicyclic amines) is 1. The number of hydrogen-bond donors (Lipinski definition) is 3. The second-order valence-electron chi connectivity index (χ2n) is 9.12. The zero-order chi connectivity index (χ0) is 27.9. The maximum atomic E-state index is 13.1. The van der Waals surface area contributed by atoms with E-state index in [1.165, 1.54) is 62.7 Å². The summed E-state index contributed by atoms with van der Waals surface area (Å²) in [4.78, 5) is 37.9. The number of carboxylic acids is 2. The van der Waals surface area contributed by atoms with Crippen LogP contribution >= 0.6 is 0 Å². The third-order valence-corrected chi connectivity index (χ3v) is 6.55. The summed E-state index contributed by atoms with van der Waals surface area (Å²) in [6.07, 6.45) is 0.842. The first-order valence-electron chi connectivity index (χ1n) is 12.2. The molecule has 0 bridgehead atoms. The molecule has 2 saturated heterocycles. The van der Waals surface area contributed by atoms with Crippen molar-refractivity contribution in [3.63, 3.8) is 0 Å².